The van der Waals surface area contributed by atoms with Gasteiger partial charge in [-0.25, -0.2) is 0 Å². The van der Waals surface area contributed by atoms with Gasteiger partial charge in [-0.05, 0) is 51.5 Å². The van der Waals surface area contributed by atoms with E-state index in [0.717, 1.165) is 46.0 Å². The molecule has 0 spiro atoms. The Morgan fingerprint density at radius 2 is 1.91 bits per heavy atom. The molecular weight excluding hydrogens is 416 g/mol. The summed E-state index contributed by atoms with van der Waals surface area (Å²) in [4.78, 5) is 4.68. The van der Waals surface area contributed by atoms with E-state index in [1.165, 1.54) is 16.3 Å². The maximum atomic E-state index is 6.10. The Bertz CT molecular complexity index is 1460. The van der Waals surface area contributed by atoms with Crippen molar-refractivity contribution in [3.05, 3.63) is 102 Å². The smallest absolute Gasteiger partial charge is 0.225 e. The third-order valence-electron chi connectivity index (χ3n) is 6.36. The molecule has 0 saturated carbocycles. The summed E-state index contributed by atoms with van der Waals surface area (Å²) >= 11 is 0. The van der Waals surface area contributed by atoms with Crippen LogP contribution in [0, 0.1) is 12.0 Å². The predicted octanol–water partition coefficient (Wildman–Crippen LogP) is 7.68. The third-order valence-corrected chi connectivity index (χ3v) is 6.36. The first kappa shape index (κ1) is 22.2. The SMILES string of the molecule is C=[N+]1C=CC(c2cnc3c[c-](CC(C)C)[o+]c3c2)=C[C-]1c1cc(C(C)(C)C)c2ccccc2c1. The van der Waals surface area contributed by atoms with Crippen LogP contribution in [0.2, 0.25) is 0 Å². The molecule has 0 bridgehead atoms. The van der Waals surface area contributed by atoms with Crippen LogP contribution >= 0.6 is 0 Å². The van der Waals surface area contributed by atoms with Crippen molar-refractivity contribution >= 4 is 34.2 Å². The predicted molar refractivity (Wildman–Crippen MR) is 142 cm³/mol. The molecule has 0 atom stereocenters. The number of nitrogens with zero attached hydrogens (tertiary/aromatic N) is 2. The van der Waals surface area contributed by atoms with E-state index in [9.17, 15) is 0 Å². The second-order valence-electron chi connectivity index (χ2n) is 10.7. The highest BCUT2D eigenvalue weighted by molar-refractivity contribution is 5.89. The van der Waals surface area contributed by atoms with Crippen molar-refractivity contribution in [2.75, 3.05) is 0 Å². The van der Waals surface area contributed by atoms with Crippen LogP contribution in [0.25, 0.3) is 27.4 Å². The van der Waals surface area contributed by atoms with E-state index < -0.39 is 0 Å². The molecule has 0 radical (unpaired) electrons. The minimum atomic E-state index is 0.0289. The number of benzene rings is 2. The molecule has 2 aromatic heterocycles. The number of furan rings is 1. The van der Waals surface area contributed by atoms with Gasteiger partial charge < -0.3 is 9.40 Å². The lowest BCUT2D eigenvalue weighted by Crippen LogP contribution is -2.17. The molecule has 1 aliphatic rings. The van der Waals surface area contributed by atoms with Crippen molar-refractivity contribution in [1.82, 2.24) is 4.98 Å². The summed E-state index contributed by atoms with van der Waals surface area (Å²) in [6, 6.07) is 18.4. The summed E-state index contributed by atoms with van der Waals surface area (Å²) in [6.07, 6.45) is 9.16. The van der Waals surface area contributed by atoms with Gasteiger partial charge in [-0.15, -0.1) is 0 Å². The molecule has 34 heavy (non-hydrogen) atoms. The lowest BCUT2D eigenvalue weighted by atomic mass is 9.81. The van der Waals surface area contributed by atoms with E-state index in [0.29, 0.717) is 5.92 Å². The largest absolute Gasteiger partial charge is 0.339 e. The van der Waals surface area contributed by atoms with Crippen LogP contribution in [0.4, 0.5) is 0 Å². The van der Waals surface area contributed by atoms with E-state index in [-0.39, 0.29) is 5.41 Å². The van der Waals surface area contributed by atoms with Gasteiger partial charge in [0, 0.05) is 18.1 Å². The number of rotatable bonds is 4. The summed E-state index contributed by atoms with van der Waals surface area (Å²) in [5.74, 6) is 1.54. The van der Waals surface area contributed by atoms with Crippen molar-refractivity contribution in [3.63, 3.8) is 0 Å². The molecule has 4 aromatic rings. The average molecular weight is 449 g/mol. The average Bonchev–Trinajstić information content (AvgIpc) is 3.18. The molecule has 3 heterocycles. The minimum absolute atomic E-state index is 0.0289. The van der Waals surface area contributed by atoms with Crippen molar-refractivity contribution in [2.45, 2.75) is 46.5 Å². The number of allylic oxidation sites excluding steroid dienone is 2. The van der Waals surface area contributed by atoms with Crippen molar-refractivity contribution in [1.29, 1.82) is 0 Å². The molecule has 0 saturated heterocycles. The van der Waals surface area contributed by atoms with Crippen LogP contribution in [0.15, 0.2) is 77.5 Å². The fourth-order valence-electron chi connectivity index (χ4n) is 4.67. The molecule has 0 fully saturated rings. The zero-order chi connectivity index (χ0) is 24.0. The van der Waals surface area contributed by atoms with E-state index >= 15 is 0 Å². The maximum Gasteiger partial charge on any atom is 0.225 e. The molecule has 1 aliphatic heterocycles. The number of hydrogen-bond acceptors (Lipinski definition) is 1. The highest BCUT2D eigenvalue weighted by Gasteiger charge is 2.22. The highest BCUT2D eigenvalue weighted by atomic mass is 16.3. The highest BCUT2D eigenvalue weighted by Crippen LogP contribution is 2.36. The van der Waals surface area contributed by atoms with Gasteiger partial charge in [-0.3, -0.25) is 4.58 Å². The Kier molecular flexibility index (Phi) is 5.44. The van der Waals surface area contributed by atoms with Crippen LogP contribution in [0.5, 0.6) is 0 Å². The van der Waals surface area contributed by atoms with Gasteiger partial charge in [0.2, 0.25) is 11.3 Å². The van der Waals surface area contributed by atoms with Crippen molar-refractivity contribution in [3.8, 4) is 0 Å². The standard InChI is InChI=1S/C31H32N2O/c1-20(2)13-25-18-28-30(34-25)17-24(19-32-28)21-11-12-33(6)29(16-21)23-14-22-9-7-8-10-26(22)27(15-23)31(3,4)5/h7-12,14-20H,6,13H2,1-5H3. The van der Waals surface area contributed by atoms with Gasteiger partial charge in [0.25, 0.3) is 0 Å². The molecule has 5 rings (SSSR count). The van der Waals surface area contributed by atoms with Crippen LogP contribution in [-0.4, -0.2) is 16.3 Å². The fourth-order valence-corrected chi connectivity index (χ4v) is 4.67. The first-order chi connectivity index (χ1) is 16.2. The Hall–Kier alpha value is -3.59. The van der Waals surface area contributed by atoms with Gasteiger partial charge in [0.05, 0.1) is 6.72 Å². The monoisotopic (exact) mass is 448 g/mol. The number of pyridine rings is 1. The lowest BCUT2D eigenvalue weighted by Gasteiger charge is -2.27. The summed E-state index contributed by atoms with van der Waals surface area (Å²) in [5.41, 5.74) is 6.40. The zero-order valence-electron chi connectivity index (χ0n) is 20.7. The van der Waals surface area contributed by atoms with Gasteiger partial charge in [0.15, 0.2) is 0 Å². The minimum Gasteiger partial charge on any atom is -0.339 e. The van der Waals surface area contributed by atoms with Crippen LogP contribution in [0.1, 0.15) is 57.1 Å². The first-order valence-corrected chi connectivity index (χ1v) is 12.0. The number of fused-ring (bicyclic) bond motifs is 2. The summed E-state index contributed by atoms with van der Waals surface area (Å²) in [6.45, 7) is 15.5. The van der Waals surface area contributed by atoms with Crippen LogP contribution in [0.3, 0.4) is 0 Å². The van der Waals surface area contributed by atoms with E-state index in [1.54, 1.807) is 0 Å². The van der Waals surface area contributed by atoms with E-state index in [4.69, 9.17) is 4.42 Å². The summed E-state index contributed by atoms with van der Waals surface area (Å²) in [7, 11) is 0. The van der Waals surface area contributed by atoms with Gasteiger partial charge >= 0.3 is 0 Å². The Balaban J connectivity index is 1.57. The van der Waals surface area contributed by atoms with E-state index in [1.807, 2.05) is 17.0 Å². The Morgan fingerprint density at radius 1 is 1.12 bits per heavy atom. The second kappa shape index (κ2) is 8.32. The zero-order valence-corrected chi connectivity index (χ0v) is 20.7. The molecule has 3 nitrogen and oxygen atoms in total. The molecule has 2 aromatic carbocycles. The lowest BCUT2D eigenvalue weighted by molar-refractivity contribution is -0.417. The number of hydrogen-bond donors (Lipinski definition) is 0. The quantitative estimate of drug-likeness (QED) is 0.182. The van der Waals surface area contributed by atoms with Crippen molar-refractivity contribution in [2.24, 2.45) is 5.92 Å². The topological polar surface area (TPSA) is 27.2 Å². The molecule has 0 unspecified atom stereocenters. The Morgan fingerprint density at radius 3 is 2.68 bits per heavy atom. The van der Waals surface area contributed by atoms with Crippen LogP contribution in [-0.2, 0) is 11.8 Å². The Labute approximate surface area is 202 Å². The molecule has 0 N–H and O–H groups in total. The van der Waals surface area contributed by atoms with Crippen LogP contribution < -0.4 is 0 Å². The third kappa shape index (κ3) is 4.19. The van der Waals surface area contributed by atoms with Gasteiger partial charge in [-0.1, -0.05) is 88.2 Å². The van der Waals surface area contributed by atoms with Gasteiger partial charge in [-0.2, -0.15) is 0 Å². The van der Waals surface area contributed by atoms with E-state index in [2.05, 4.69) is 107 Å². The fraction of sp³-hybridized carbons (Fsp3) is 0.258. The molecule has 0 amide bonds. The molecule has 0 aliphatic carbocycles. The molecule has 172 valence electrons. The second-order valence-corrected chi connectivity index (χ2v) is 10.7. The van der Waals surface area contributed by atoms with Crippen molar-refractivity contribution < 1.29 is 8.99 Å². The molecule has 3 heteroatoms. The maximum absolute atomic E-state index is 6.10. The van der Waals surface area contributed by atoms with Gasteiger partial charge in [0.1, 0.15) is 12.2 Å². The molecular formula is C31H32N2O. The first-order valence-electron chi connectivity index (χ1n) is 12.0. The summed E-state index contributed by atoms with van der Waals surface area (Å²) in [5, 5.41) is 2.54. The summed E-state index contributed by atoms with van der Waals surface area (Å²) < 4.78 is 8.05. The normalized spacial score (nSPS) is 14.5. The number of aromatic nitrogens is 1.